The second-order valence-electron chi connectivity index (χ2n) is 7.89. The van der Waals surface area contributed by atoms with Gasteiger partial charge in [0.15, 0.2) is 0 Å². The topological polar surface area (TPSA) is 112 Å². The van der Waals surface area contributed by atoms with Gasteiger partial charge in [-0.25, -0.2) is 9.69 Å². The van der Waals surface area contributed by atoms with Gasteiger partial charge in [-0.2, -0.15) is 5.26 Å². The second kappa shape index (κ2) is 10.4. The molecule has 0 atom stereocenters. The van der Waals surface area contributed by atoms with Crippen molar-refractivity contribution in [3.63, 3.8) is 0 Å². The molecule has 35 heavy (non-hydrogen) atoms. The van der Waals surface area contributed by atoms with Crippen LogP contribution in [0.1, 0.15) is 22.3 Å². The number of hydrogen-bond acceptors (Lipinski definition) is 5. The maximum Gasteiger partial charge on any atom is 0.329 e. The van der Waals surface area contributed by atoms with Gasteiger partial charge >= 0.3 is 6.03 Å². The molecule has 4 rings (SSSR count). The summed E-state index contributed by atoms with van der Waals surface area (Å²) < 4.78 is 5.91. The van der Waals surface area contributed by atoms with E-state index in [0.29, 0.717) is 22.6 Å². The largest absolute Gasteiger partial charge is 0.488 e. The van der Waals surface area contributed by atoms with E-state index in [1.165, 1.54) is 6.08 Å². The lowest BCUT2D eigenvalue weighted by Crippen LogP contribution is -2.38. The number of anilines is 1. The van der Waals surface area contributed by atoms with Crippen LogP contribution in [0.3, 0.4) is 0 Å². The van der Waals surface area contributed by atoms with Gasteiger partial charge in [0.2, 0.25) is 5.91 Å². The third-order valence-corrected chi connectivity index (χ3v) is 5.31. The third kappa shape index (κ3) is 5.54. The Morgan fingerprint density at radius 1 is 1.09 bits per heavy atom. The number of nitriles is 1. The highest BCUT2D eigenvalue weighted by Gasteiger charge is 2.35. The van der Waals surface area contributed by atoms with Crippen molar-refractivity contribution in [2.45, 2.75) is 13.5 Å². The number of nitrogens with one attached hydrogen (secondary N) is 2. The minimum absolute atomic E-state index is 0.0341. The molecular formula is C27H22N4O4. The molecular weight excluding hydrogens is 444 g/mol. The van der Waals surface area contributed by atoms with Crippen molar-refractivity contribution in [3.05, 3.63) is 101 Å². The van der Waals surface area contributed by atoms with Crippen LogP contribution in [-0.4, -0.2) is 29.3 Å². The molecule has 0 bridgehead atoms. The van der Waals surface area contributed by atoms with Crippen LogP contribution in [0.15, 0.2) is 78.5 Å². The Bertz CT molecular complexity index is 1370. The molecule has 1 heterocycles. The van der Waals surface area contributed by atoms with Crippen molar-refractivity contribution >= 4 is 29.6 Å². The molecule has 0 aromatic heterocycles. The van der Waals surface area contributed by atoms with E-state index in [1.807, 2.05) is 19.1 Å². The molecule has 0 aliphatic carbocycles. The first-order valence-corrected chi connectivity index (χ1v) is 10.9. The van der Waals surface area contributed by atoms with Gasteiger partial charge < -0.3 is 15.4 Å². The van der Waals surface area contributed by atoms with Crippen molar-refractivity contribution in [1.82, 2.24) is 10.2 Å². The Balaban J connectivity index is 1.46. The lowest BCUT2D eigenvalue weighted by molar-refractivity contribution is -0.127. The van der Waals surface area contributed by atoms with Crippen LogP contribution in [0.2, 0.25) is 0 Å². The molecule has 4 amide bonds. The zero-order chi connectivity index (χ0) is 24.8. The Morgan fingerprint density at radius 3 is 2.66 bits per heavy atom. The lowest BCUT2D eigenvalue weighted by Gasteiger charge is -2.12. The summed E-state index contributed by atoms with van der Waals surface area (Å²) in [7, 11) is 0. The smallest absolute Gasteiger partial charge is 0.329 e. The number of para-hydroxylation sites is 1. The average molecular weight is 466 g/mol. The van der Waals surface area contributed by atoms with E-state index in [0.717, 1.165) is 16.0 Å². The molecule has 0 unspecified atom stereocenters. The van der Waals surface area contributed by atoms with E-state index >= 15 is 0 Å². The van der Waals surface area contributed by atoms with Crippen LogP contribution in [0.4, 0.5) is 10.5 Å². The van der Waals surface area contributed by atoms with Gasteiger partial charge in [0.25, 0.3) is 5.91 Å². The van der Waals surface area contributed by atoms with Crippen LogP contribution < -0.4 is 15.4 Å². The zero-order valence-electron chi connectivity index (χ0n) is 18.9. The number of imide groups is 1. The van der Waals surface area contributed by atoms with E-state index in [9.17, 15) is 19.6 Å². The number of carbonyl (C=O) groups is 3. The van der Waals surface area contributed by atoms with Crippen LogP contribution in [0.5, 0.6) is 5.75 Å². The summed E-state index contributed by atoms with van der Waals surface area (Å²) in [5.74, 6) is -0.621. The molecule has 0 radical (unpaired) electrons. The quantitative estimate of drug-likeness (QED) is 0.404. The van der Waals surface area contributed by atoms with Crippen molar-refractivity contribution in [2.75, 3.05) is 11.9 Å². The van der Waals surface area contributed by atoms with E-state index in [2.05, 4.69) is 16.7 Å². The van der Waals surface area contributed by atoms with Crippen molar-refractivity contribution in [2.24, 2.45) is 0 Å². The maximum atomic E-state index is 12.9. The highest BCUT2D eigenvalue weighted by Crippen LogP contribution is 2.24. The Labute approximate surface area is 202 Å². The minimum Gasteiger partial charge on any atom is -0.488 e. The molecule has 0 spiro atoms. The maximum absolute atomic E-state index is 12.9. The first-order chi connectivity index (χ1) is 16.9. The SMILES string of the molecule is Cc1cccc(NC(=O)CN2C(=O)N/C(=C/c3ccccc3OCc3ccccc3C#N)C2=O)c1. The summed E-state index contributed by atoms with van der Waals surface area (Å²) in [5.41, 5.74) is 3.40. The predicted octanol–water partition coefficient (Wildman–Crippen LogP) is 3.98. The summed E-state index contributed by atoms with van der Waals surface area (Å²) in [6.07, 6.45) is 1.50. The molecule has 8 heteroatoms. The van der Waals surface area contributed by atoms with Crippen LogP contribution in [0.25, 0.3) is 6.08 Å². The molecule has 8 nitrogen and oxygen atoms in total. The van der Waals surface area contributed by atoms with E-state index in [1.54, 1.807) is 60.7 Å². The summed E-state index contributed by atoms with van der Waals surface area (Å²) in [6.45, 7) is 1.64. The van der Waals surface area contributed by atoms with Gasteiger partial charge in [-0.05, 0) is 42.8 Å². The molecule has 0 saturated carbocycles. The lowest BCUT2D eigenvalue weighted by atomic mass is 10.1. The fourth-order valence-corrected chi connectivity index (χ4v) is 3.58. The molecule has 3 aromatic rings. The highest BCUT2D eigenvalue weighted by molar-refractivity contribution is 6.16. The number of carbonyl (C=O) groups excluding carboxylic acids is 3. The number of benzene rings is 3. The summed E-state index contributed by atoms with van der Waals surface area (Å²) >= 11 is 0. The summed E-state index contributed by atoms with van der Waals surface area (Å²) in [5, 5.41) is 14.5. The molecule has 2 N–H and O–H groups in total. The molecule has 1 fully saturated rings. The number of aryl methyl sites for hydroxylation is 1. The van der Waals surface area contributed by atoms with Crippen LogP contribution >= 0.6 is 0 Å². The number of urea groups is 1. The van der Waals surface area contributed by atoms with Crippen molar-refractivity contribution < 1.29 is 19.1 Å². The number of ether oxygens (including phenoxy) is 1. The van der Waals surface area contributed by atoms with Crippen LogP contribution in [0, 0.1) is 18.3 Å². The summed E-state index contributed by atoms with van der Waals surface area (Å²) in [6, 6.07) is 22.8. The second-order valence-corrected chi connectivity index (χ2v) is 7.89. The number of amides is 4. The van der Waals surface area contributed by atoms with Gasteiger partial charge in [0.1, 0.15) is 24.6 Å². The van der Waals surface area contributed by atoms with Crippen LogP contribution in [-0.2, 0) is 16.2 Å². The Hall–Kier alpha value is -4.90. The van der Waals surface area contributed by atoms with Gasteiger partial charge in [-0.15, -0.1) is 0 Å². The number of nitrogens with zero attached hydrogens (tertiary/aromatic N) is 2. The standard InChI is InChI=1S/C27H22N4O4/c1-18-7-6-11-22(13-18)29-25(32)16-31-26(33)23(30-27(31)34)14-19-8-4-5-12-24(19)35-17-21-10-3-2-9-20(21)15-28/h2-14H,16-17H2,1H3,(H,29,32)(H,30,34)/b23-14+. The van der Waals surface area contributed by atoms with E-state index in [-0.39, 0.29) is 12.3 Å². The van der Waals surface area contributed by atoms with Gasteiger partial charge in [0.05, 0.1) is 11.6 Å². The summed E-state index contributed by atoms with van der Waals surface area (Å²) in [4.78, 5) is 38.5. The number of rotatable bonds is 7. The number of hydrogen-bond donors (Lipinski definition) is 2. The van der Waals surface area contributed by atoms with E-state index < -0.39 is 24.4 Å². The average Bonchev–Trinajstić information content (AvgIpc) is 3.11. The van der Waals surface area contributed by atoms with Gasteiger partial charge in [0, 0.05) is 16.8 Å². The first-order valence-electron chi connectivity index (χ1n) is 10.9. The molecule has 3 aromatic carbocycles. The van der Waals surface area contributed by atoms with Gasteiger partial charge in [-0.1, -0.05) is 48.5 Å². The van der Waals surface area contributed by atoms with E-state index in [4.69, 9.17) is 4.74 Å². The molecule has 1 aliphatic heterocycles. The normalized spacial score (nSPS) is 13.9. The van der Waals surface area contributed by atoms with Crippen molar-refractivity contribution in [1.29, 1.82) is 5.26 Å². The minimum atomic E-state index is -0.679. The zero-order valence-corrected chi connectivity index (χ0v) is 18.9. The predicted molar refractivity (Wildman–Crippen MR) is 130 cm³/mol. The monoisotopic (exact) mass is 466 g/mol. The Morgan fingerprint density at radius 2 is 1.86 bits per heavy atom. The molecule has 1 saturated heterocycles. The molecule has 174 valence electrons. The fourth-order valence-electron chi connectivity index (χ4n) is 3.58. The first kappa shape index (κ1) is 23.3. The molecule has 1 aliphatic rings. The third-order valence-electron chi connectivity index (χ3n) is 5.31. The fraction of sp³-hybridized carbons (Fsp3) is 0.111. The highest BCUT2D eigenvalue weighted by atomic mass is 16.5. The van der Waals surface area contributed by atoms with Gasteiger partial charge in [-0.3, -0.25) is 9.59 Å². The Kier molecular flexibility index (Phi) is 6.88. The van der Waals surface area contributed by atoms with Crippen molar-refractivity contribution in [3.8, 4) is 11.8 Å².